The van der Waals surface area contributed by atoms with Gasteiger partial charge in [0.05, 0.1) is 0 Å². The van der Waals surface area contributed by atoms with Crippen LogP contribution in [0.1, 0.15) is 19.8 Å². The quantitative estimate of drug-likeness (QED) is 0.524. The number of rotatable bonds is 2. The number of hydrogen-bond donors (Lipinski definition) is 1. The summed E-state index contributed by atoms with van der Waals surface area (Å²) in [4.78, 5) is 0. The predicted octanol–water partition coefficient (Wildman–Crippen LogP) is 0.809. The minimum absolute atomic E-state index is 0.344. The molecule has 0 aliphatic rings. The van der Waals surface area contributed by atoms with Gasteiger partial charge in [0.25, 0.3) is 0 Å². The Morgan fingerprint density at radius 2 is 1.86 bits per heavy atom. The lowest BCUT2D eigenvalue weighted by molar-refractivity contribution is 0.287. The molecule has 0 saturated heterocycles. The summed E-state index contributed by atoms with van der Waals surface area (Å²) in [5, 5.41) is 20.1. The molecule has 0 amide bonds. The first-order chi connectivity index (χ1) is 3.41. The monoisotopic (exact) mass is 102 g/mol. The standard InChI is InChI=1S/C4H10O.N2/c1-2-3-4-5;1-2/h5H,2-4H2,1H3;. The molecule has 3 heteroatoms. The summed E-state index contributed by atoms with van der Waals surface area (Å²) >= 11 is 0. The Labute approximate surface area is 43.4 Å². The summed E-state index contributed by atoms with van der Waals surface area (Å²) in [6.45, 7) is 2.40. The van der Waals surface area contributed by atoms with Crippen LogP contribution in [-0.4, -0.2) is 11.7 Å². The number of unbranched alkanes of at least 4 members (excludes halogenated alkanes) is 1. The summed E-state index contributed by atoms with van der Waals surface area (Å²) in [7, 11) is 0. The molecule has 0 spiro atoms. The van der Waals surface area contributed by atoms with Crippen LogP contribution in [0.3, 0.4) is 0 Å². The van der Waals surface area contributed by atoms with Gasteiger partial charge in [-0.3, -0.25) is 0 Å². The van der Waals surface area contributed by atoms with Gasteiger partial charge >= 0.3 is 0 Å². The van der Waals surface area contributed by atoms with Gasteiger partial charge in [-0.2, -0.15) is 0 Å². The Kier molecular flexibility index (Phi) is 25.1. The van der Waals surface area contributed by atoms with Gasteiger partial charge in [0.1, 0.15) is 0 Å². The fraction of sp³-hybridized carbons (Fsp3) is 1.00. The minimum Gasteiger partial charge on any atom is -0.396 e. The molecule has 0 unspecified atom stereocenters. The first-order valence-corrected chi connectivity index (χ1v) is 2.22. The summed E-state index contributed by atoms with van der Waals surface area (Å²) < 4.78 is 0. The van der Waals surface area contributed by atoms with Crippen LogP contribution in [-0.2, 0) is 0 Å². The second kappa shape index (κ2) is 18.2. The minimum atomic E-state index is 0.344. The van der Waals surface area contributed by atoms with Crippen molar-refractivity contribution in [2.75, 3.05) is 6.61 Å². The summed E-state index contributed by atoms with van der Waals surface area (Å²) in [6.07, 6.45) is 2.04. The zero-order valence-electron chi connectivity index (χ0n) is 4.46. The molecule has 0 aliphatic carbocycles. The molecular weight excluding hydrogens is 92.1 g/mol. The van der Waals surface area contributed by atoms with Crippen LogP contribution in [0.15, 0.2) is 0 Å². The third-order valence-corrected chi connectivity index (χ3v) is 0.512. The van der Waals surface area contributed by atoms with Gasteiger partial charge in [-0.05, 0) is 6.42 Å². The smallest absolute Gasteiger partial charge is 0.0430 e. The van der Waals surface area contributed by atoms with Crippen molar-refractivity contribution >= 4 is 0 Å². The summed E-state index contributed by atoms with van der Waals surface area (Å²) in [6, 6.07) is 0. The van der Waals surface area contributed by atoms with Crippen molar-refractivity contribution in [3.8, 4) is 0 Å². The van der Waals surface area contributed by atoms with Crippen LogP contribution in [0, 0.1) is 10.8 Å². The molecule has 0 rings (SSSR count). The zero-order chi connectivity index (χ0) is 6.12. The highest BCUT2D eigenvalue weighted by Gasteiger charge is 1.69. The van der Waals surface area contributed by atoms with E-state index in [-0.39, 0.29) is 0 Å². The maximum Gasteiger partial charge on any atom is 0.0430 e. The normalized spacial score (nSPS) is 6.29. The second-order valence-electron chi connectivity index (χ2n) is 1.08. The van der Waals surface area contributed by atoms with E-state index in [1.54, 1.807) is 0 Å². The van der Waals surface area contributed by atoms with Crippen LogP contribution >= 0.6 is 0 Å². The van der Waals surface area contributed by atoms with Gasteiger partial charge < -0.3 is 5.11 Å². The lowest BCUT2D eigenvalue weighted by atomic mass is 10.4. The average molecular weight is 102 g/mol. The fourth-order valence-corrected chi connectivity index (χ4v) is 0.158. The number of nitrogens with zero attached hydrogens (tertiary/aromatic N) is 2. The van der Waals surface area contributed by atoms with E-state index in [2.05, 4.69) is 6.92 Å². The molecule has 0 aromatic rings. The van der Waals surface area contributed by atoms with Crippen LogP contribution in [0.25, 0.3) is 0 Å². The number of aliphatic hydroxyl groups is 1. The first kappa shape index (κ1) is 9.63. The van der Waals surface area contributed by atoms with E-state index in [1.807, 2.05) is 0 Å². The maximum absolute atomic E-state index is 8.07. The predicted molar refractivity (Wildman–Crippen MR) is 25.4 cm³/mol. The van der Waals surface area contributed by atoms with E-state index < -0.39 is 0 Å². The lowest BCUT2D eigenvalue weighted by Crippen LogP contribution is -1.75. The molecule has 0 aromatic carbocycles. The Bertz CT molecular complexity index is 33.9. The van der Waals surface area contributed by atoms with Crippen LogP contribution < -0.4 is 0 Å². The number of aliphatic hydroxyl groups excluding tert-OH is 1. The Hall–Kier alpha value is -0.620. The van der Waals surface area contributed by atoms with Crippen molar-refractivity contribution < 1.29 is 5.11 Å². The highest BCUT2D eigenvalue weighted by Crippen LogP contribution is 1.78. The van der Waals surface area contributed by atoms with Gasteiger partial charge in [-0.15, -0.1) is 0 Å². The number of hydrogen-bond acceptors (Lipinski definition) is 3. The zero-order valence-corrected chi connectivity index (χ0v) is 4.46. The van der Waals surface area contributed by atoms with Crippen molar-refractivity contribution in [1.82, 2.24) is 0 Å². The molecule has 0 radical (unpaired) electrons. The largest absolute Gasteiger partial charge is 0.396 e. The maximum atomic E-state index is 8.07. The molecule has 42 valence electrons. The third-order valence-electron chi connectivity index (χ3n) is 0.512. The van der Waals surface area contributed by atoms with E-state index in [9.17, 15) is 0 Å². The van der Waals surface area contributed by atoms with E-state index in [0.717, 1.165) is 12.8 Å². The molecule has 0 atom stereocenters. The van der Waals surface area contributed by atoms with Crippen molar-refractivity contribution in [3.63, 3.8) is 0 Å². The van der Waals surface area contributed by atoms with E-state index in [0.29, 0.717) is 6.61 Å². The van der Waals surface area contributed by atoms with Crippen LogP contribution in [0.2, 0.25) is 0 Å². The molecule has 0 heterocycles. The highest BCUT2D eigenvalue weighted by molar-refractivity contribution is 4.23. The molecule has 0 aliphatic heterocycles. The molecule has 0 saturated carbocycles. The van der Waals surface area contributed by atoms with Crippen LogP contribution in [0.4, 0.5) is 0 Å². The van der Waals surface area contributed by atoms with Gasteiger partial charge in [0.2, 0.25) is 0 Å². The van der Waals surface area contributed by atoms with Crippen molar-refractivity contribution in [3.05, 3.63) is 0 Å². The van der Waals surface area contributed by atoms with Crippen molar-refractivity contribution in [2.45, 2.75) is 19.8 Å². The molecular formula is C4H10N2O. The molecule has 0 fully saturated rings. The van der Waals surface area contributed by atoms with E-state index in [4.69, 9.17) is 15.9 Å². The molecule has 7 heavy (non-hydrogen) atoms. The molecule has 1 N–H and O–H groups in total. The van der Waals surface area contributed by atoms with Gasteiger partial charge in [0.15, 0.2) is 0 Å². The highest BCUT2D eigenvalue weighted by atomic mass is 16.2. The molecule has 0 bridgehead atoms. The van der Waals surface area contributed by atoms with Gasteiger partial charge in [-0.1, -0.05) is 13.3 Å². The topological polar surface area (TPSA) is 67.8 Å². The third kappa shape index (κ3) is 32.3. The Morgan fingerprint density at radius 3 is 1.86 bits per heavy atom. The summed E-state index contributed by atoms with van der Waals surface area (Å²) in [5.74, 6) is 0. The van der Waals surface area contributed by atoms with Crippen LogP contribution in [0.5, 0.6) is 0 Å². The van der Waals surface area contributed by atoms with E-state index in [1.165, 1.54) is 0 Å². The SMILES string of the molecule is CCCCO.N#N. The second-order valence-corrected chi connectivity index (χ2v) is 1.08. The first-order valence-electron chi connectivity index (χ1n) is 2.22. The van der Waals surface area contributed by atoms with E-state index >= 15 is 0 Å². The van der Waals surface area contributed by atoms with Gasteiger partial charge in [0, 0.05) is 17.4 Å². The van der Waals surface area contributed by atoms with Crippen molar-refractivity contribution in [1.29, 1.82) is 10.8 Å². The summed E-state index contributed by atoms with van der Waals surface area (Å²) in [5.41, 5.74) is 0. The Balaban J connectivity index is 0. The Morgan fingerprint density at radius 1 is 1.43 bits per heavy atom. The molecule has 3 nitrogen and oxygen atoms in total. The average Bonchev–Trinajstić information content (AvgIpc) is 1.75. The molecule has 0 aromatic heterocycles. The van der Waals surface area contributed by atoms with Crippen molar-refractivity contribution in [2.24, 2.45) is 0 Å². The fourth-order valence-electron chi connectivity index (χ4n) is 0.158. The van der Waals surface area contributed by atoms with Gasteiger partial charge in [-0.25, -0.2) is 0 Å². The lowest BCUT2D eigenvalue weighted by Gasteiger charge is -1.79.